The van der Waals surface area contributed by atoms with Crippen LogP contribution in [0.4, 0.5) is 11.5 Å². The fourth-order valence-electron chi connectivity index (χ4n) is 3.04. The van der Waals surface area contributed by atoms with Gasteiger partial charge in [0.1, 0.15) is 11.5 Å². The highest BCUT2D eigenvalue weighted by Crippen LogP contribution is 2.22. The second-order valence-corrected chi connectivity index (χ2v) is 8.16. The SMILES string of the molecule is COc1cccc(N2CCN(C(=O)CS[C@H](C)C(=O)Nc3cc(C)on3)CC2)c1. The number of methoxy groups -OCH3 is 1. The van der Waals surface area contributed by atoms with Crippen molar-refractivity contribution in [3.63, 3.8) is 0 Å². The molecular formula is C20H26N4O4S. The van der Waals surface area contributed by atoms with Crippen molar-refractivity contribution in [1.82, 2.24) is 10.1 Å². The Balaban J connectivity index is 1.42. The molecule has 1 aromatic carbocycles. The summed E-state index contributed by atoms with van der Waals surface area (Å²) in [7, 11) is 1.65. The van der Waals surface area contributed by atoms with E-state index in [0.717, 1.165) is 24.5 Å². The van der Waals surface area contributed by atoms with E-state index in [2.05, 4.69) is 15.4 Å². The maximum Gasteiger partial charge on any atom is 0.238 e. The second kappa shape index (κ2) is 9.69. The largest absolute Gasteiger partial charge is 0.497 e. The predicted octanol–water partition coefficient (Wildman–Crippen LogP) is 2.40. The quantitative estimate of drug-likeness (QED) is 0.739. The summed E-state index contributed by atoms with van der Waals surface area (Å²) in [6.07, 6.45) is 0. The van der Waals surface area contributed by atoms with Gasteiger partial charge in [-0.15, -0.1) is 11.8 Å². The van der Waals surface area contributed by atoms with E-state index in [-0.39, 0.29) is 22.8 Å². The summed E-state index contributed by atoms with van der Waals surface area (Å²) >= 11 is 1.32. The van der Waals surface area contributed by atoms with Crippen LogP contribution in [0.15, 0.2) is 34.9 Å². The van der Waals surface area contributed by atoms with Crippen LogP contribution in [0.25, 0.3) is 0 Å². The summed E-state index contributed by atoms with van der Waals surface area (Å²) < 4.78 is 10.2. The van der Waals surface area contributed by atoms with Crippen LogP contribution in [0.5, 0.6) is 5.75 Å². The van der Waals surface area contributed by atoms with Gasteiger partial charge in [-0.2, -0.15) is 0 Å². The number of piperazine rings is 1. The lowest BCUT2D eigenvalue weighted by atomic mass is 10.2. The zero-order valence-corrected chi connectivity index (χ0v) is 17.7. The highest BCUT2D eigenvalue weighted by molar-refractivity contribution is 8.01. The molecule has 1 saturated heterocycles. The Morgan fingerprint density at radius 1 is 1.28 bits per heavy atom. The molecule has 156 valence electrons. The summed E-state index contributed by atoms with van der Waals surface area (Å²) in [5.41, 5.74) is 1.10. The molecule has 9 heteroatoms. The molecule has 0 saturated carbocycles. The molecule has 1 aliphatic rings. The molecule has 0 radical (unpaired) electrons. The second-order valence-electron chi connectivity index (χ2n) is 6.83. The summed E-state index contributed by atoms with van der Waals surface area (Å²) in [5.74, 6) is 1.97. The summed E-state index contributed by atoms with van der Waals surface area (Å²) in [6, 6.07) is 9.59. The molecule has 2 heterocycles. The first-order valence-electron chi connectivity index (χ1n) is 9.49. The van der Waals surface area contributed by atoms with Crippen molar-refractivity contribution in [2.24, 2.45) is 0 Å². The summed E-state index contributed by atoms with van der Waals surface area (Å²) in [5, 5.41) is 6.07. The van der Waals surface area contributed by atoms with Crippen molar-refractivity contribution in [2.75, 3.05) is 49.3 Å². The maximum absolute atomic E-state index is 12.5. The van der Waals surface area contributed by atoms with Crippen molar-refractivity contribution < 1.29 is 18.8 Å². The van der Waals surface area contributed by atoms with Gasteiger partial charge in [-0.1, -0.05) is 11.2 Å². The van der Waals surface area contributed by atoms with Gasteiger partial charge in [-0.3, -0.25) is 9.59 Å². The van der Waals surface area contributed by atoms with Crippen LogP contribution in [0.1, 0.15) is 12.7 Å². The molecule has 1 atom stereocenters. The van der Waals surface area contributed by atoms with Crippen LogP contribution in [0.2, 0.25) is 0 Å². The van der Waals surface area contributed by atoms with Crippen LogP contribution in [-0.2, 0) is 9.59 Å². The number of anilines is 2. The van der Waals surface area contributed by atoms with Gasteiger partial charge in [0.25, 0.3) is 0 Å². The summed E-state index contributed by atoms with van der Waals surface area (Å²) in [6.45, 7) is 6.40. The number of hydrogen-bond donors (Lipinski definition) is 1. The zero-order chi connectivity index (χ0) is 20.8. The Morgan fingerprint density at radius 3 is 2.69 bits per heavy atom. The van der Waals surface area contributed by atoms with Gasteiger partial charge in [0.15, 0.2) is 5.82 Å². The number of nitrogens with one attached hydrogen (secondary N) is 1. The van der Waals surface area contributed by atoms with Crippen LogP contribution < -0.4 is 15.0 Å². The van der Waals surface area contributed by atoms with Crippen molar-refractivity contribution >= 4 is 35.1 Å². The van der Waals surface area contributed by atoms with Crippen molar-refractivity contribution in [3.05, 3.63) is 36.1 Å². The third-order valence-corrected chi connectivity index (χ3v) is 5.88. The zero-order valence-electron chi connectivity index (χ0n) is 16.9. The lowest BCUT2D eigenvalue weighted by molar-refractivity contribution is -0.128. The highest BCUT2D eigenvalue weighted by atomic mass is 32.2. The Bertz CT molecular complexity index is 849. The normalized spacial score (nSPS) is 15.1. The standard InChI is InChI=1S/C20H26N4O4S/c1-14-11-18(22-28-14)21-20(26)15(2)29-13-19(25)24-9-7-23(8-10-24)16-5-4-6-17(12-16)27-3/h4-6,11-12,15H,7-10,13H2,1-3H3,(H,21,22,26)/t15-/m1/s1. The monoisotopic (exact) mass is 418 g/mol. The topological polar surface area (TPSA) is 87.9 Å². The molecule has 0 aliphatic carbocycles. The number of ether oxygens (including phenoxy) is 1. The van der Waals surface area contributed by atoms with E-state index in [0.29, 0.717) is 24.7 Å². The van der Waals surface area contributed by atoms with Crippen molar-refractivity contribution in [2.45, 2.75) is 19.1 Å². The third-order valence-electron chi connectivity index (χ3n) is 4.76. The molecule has 8 nitrogen and oxygen atoms in total. The number of rotatable bonds is 7. The Kier molecular flexibility index (Phi) is 7.03. The number of carbonyl (C=O) groups excluding carboxylic acids is 2. The van der Waals surface area contributed by atoms with Crippen LogP contribution in [-0.4, -0.2) is 66.2 Å². The molecule has 3 rings (SSSR count). The number of nitrogens with zero attached hydrogens (tertiary/aromatic N) is 3. The van der Waals surface area contributed by atoms with E-state index in [9.17, 15) is 9.59 Å². The first kappa shape index (κ1) is 21.0. The van der Waals surface area contributed by atoms with Gasteiger partial charge < -0.3 is 24.4 Å². The molecule has 2 amide bonds. The first-order chi connectivity index (χ1) is 14.0. The Morgan fingerprint density at radius 2 is 2.03 bits per heavy atom. The van der Waals surface area contributed by atoms with Crippen molar-refractivity contribution in [1.29, 1.82) is 0 Å². The highest BCUT2D eigenvalue weighted by Gasteiger charge is 2.23. The molecule has 1 aliphatic heterocycles. The average Bonchev–Trinajstić information content (AvgIpc) is 3.16. The molecule has 0 unspecified atom stereocenters. The van der Waals surface area contributed by atoms with Gasteiger partial charge in [-0.05, 0) is 26.0 Å². The minimum atomic E-state index is -0.367. The van der Waals surface area contributed by atoms with E-state index >= 15 is 0 Å². The number of aryl methyl sites for hydroxylation is 1. The molecule has 0 bridgehead atoms. The molecule has 2 aromatic rings. The fraction of sp³-hybridized carbons (Fsp3) is 0.450. The summed E-state index contributed by atoms with van der Waals surface area (Å²) in [4.78, 5) is 28.8. The molecule has 1 fully saturated rings. The van der Waals surface area contributed by atoms with E-state index in [1.54, 1.807) is 27.0 Å². The maximum atomic E-state index is 12.5. The van der Waals surface area contributed by atoms with Gasteiger partial charge >= 0.3 is 0 Å². The first-order valence-corrected chi connectivity index (χ1v) is 10.5. The van der Waals surface area contributed by atoms with Gasteiger partial charge in [0, 0.05) is 44.0 Å². The fourth-order valence-corrected chi connectivity index (χ4v) is 3.82. The minimum Gasteiger partial charge on any atom is -0.497 e. The number of aromatic nitrogens is 1. The number of hydrogen-bond acceptors (Lipinski definition) is 7. The van der Waals surface area contributed by atoms with Gasteiger partial charge in [-0.25, -0.2) is 0 Å². The van der Waals surface area contributed by atoms with Crippen LogP contribution in [0, 0.1) is 6.92 Å². The lowest BCUT2D eigenvalue weighted by Crippen LogP contribution is -2.49. The molecule has 0 spiro atoms. The number of amides is 2. The molecule has 1 N–H and O–H groups in total. The third kappa shape index (κ3) is 5.66. The van der Waals surface area contributed by atoms with Gasteiger partial charge in [0.05, 0.1) is 18.1 Å². The number of carbonyl (C=O) groups is 2. The molecule has 29 heavy (non-hydrogen) atoms. The van der Waals surface area contributed by atoms with E-state index < -0.39 is 0 Å². The smallest absolute Gasteiger partial charge is 0.238 e. The van der Waals surface area contributed by atoms with E-state index in [1.165, 1.54) is 11.8 Å². The number of benzene rings is 1. The Labute approximate surface area is 174 Å². The lowest BCUT2D eigenvalue weighted by Gasteiger charge is -2.36. The predicted molar refractivity (Wildman–Crippen MR) is 114 cm³/mol. The van der Waals surface area contributed by atoms with Crippen LogP contribution in [0.3, 0.4) is 0 Å². The van der Waals surface area contributed by atoms with Gasteiger partial charge in [0.2, 0.25) is 11.8 Å². The van der Waals surface area contributed by atoms with Crippen LogP contribution >= 0.6 is 11.8 Å². The molecule has 1 aromatic heterocycles. The minimum absolute atomic E-state index is 0.0530. The average molecular weight is 419 g/mol. The van der Waals surface area contributed by atoms with E-state index in [4.69, 9.17) is 9.26 Å². The molecular weight excluding hydrogens is 392 g/mol. The Hall–Kier alpha value is -2.68. The number of thioether (sulfide) groups is 1. The van der Waals surface area contributed by atoms with E-state index in [1.807, 2.05) is 29.2 Å². The van der Waals surface area contributed by atoms with Crippen molar-refractivity contribution in [3.8, 4) is 5.75 Å².